The van der Waals surface area contributed by atoms with E-state index in [0.717, 1.165) is 16.7 Å². The van der Waals surface area contributed by atoms with E-state index in [0.29, 0.717) is 11.3 Å². The van der Waals surface area contributed by atoms with Gasteiger partial charge in [-0.05, 0) is 46.5 Å². The van der Waals surface area contributed by atoms with Crippen LogP contribution in [0, 0.1) is 0 Å². The number of nitrogens with two attached hydrogens (primary N) is 2. The number of hydrogen-bond acceptors (Lipinski definition) is 4. The van der Waals surface area contributed by atoms with Gasteiger partial charge < -0.3 is 27.2 Å². The quantitative estimate of drug-likeness (QED) is 0.160. The van der Waals surface area contributed by atoms with Gasteiger partial charge in [-0.1, -0.05) is 84.9 Å². The predicted octanol–water partition coefficient (Wildman–Crippen LogP) is 4.02. The molecule has 0 aliphatic heterocycles. The van der Waals surface area contributed by atoms with Crippen molar-refractivity contribution in [1.29, 1.82) is 0 Å². The number of halogens is 1. The van der Waals surface area contributed by atoms with Crippen LogP contribution in [0.2, 0.25) is 0 Å². The van der Waals surface area contributed by atoms with Gasteiger partial charge in [0, 0.05) is 6.54 Å². The number of rotatable bonds is 9. The number of guanidine groups is 1. The fraction of sp³-hybridized carbons (Fsp3) is 0.100. The number of benzene rings is 4. The van der Waals surface area contributed by atoms with Gasteiger partial charge in [-0.3, -0.25) is 9.59 Å². The van der Waals surface area contributed by atoms with Gasteiger partial charge >= 0.3 is 0 Å². The SMILES string of the molecule is Cl.NC(N)=Nc1cccc([C@@H](NC(=O)C(c2ccccc2)c2ccccc2)C(=O)NCc2ccc(O)cc2)c1. The molecule has 0 heterocycles. The summed E-state index contributed by atoms with van der Waals surface area (Å²) in [6.45, 7) is 0.208. The number of hydrogen-bond donors (Lipinski definition) is 5. The lowest BCUT2D eigenvalue weighted by molar-refractivity contribution is -0.129. The molecule has 4 aromatic carbocycles. The van der Waals surface area contributed by atoms with Crippen molar-refractivity contribution < 1.29 is 14.7 Å². The van der Waals surface area contributed by atoms with E-state index in [9.17, 15) is 14.7 Å². The molecule has 9 heteroatoms. The molecule has 0 aliphatic rings. The molecule has 4 aromatic rings. The van der Waals surface area contributed by atoms with Crippen LogP contribution in [0.1, 0.15) is 34.2 Å². The van der Waals surface area contributed by atoms with Crippen LogP contribution in [0.15, 0.2) is 114 Å². The molecular formula is C30H30ClN5O3. The van der Waals surface area contributed by atoms with Crippen molar-refractivity contribution >= 4 is 35.9 Å². The third kappa shape index (κ3) is 7.83. The lowest BCUT2D eigenvalue weighted by Crippen LogP contribution is -2.42. The van der Waals surface area contributed by atoms with E-state index in [1.807, 2.05) is 60.7 Å². The fourth-order valence-corrected chi connectivity index (χ4v) is 4.14. The standard InChI is InChI=1S/C30H29N5O3.ClH/c31-30(32)34-24-13-7-12-23(18-24)27(29(38)33-19-20-14-16-25(36)17-15-20)35-28(37)26(21-8-3-1-4-9-21)22-10-5-2-6-11-22;/h1-18,26-27,36H,19H2,(H,33,38)(H,35,37)(H4,31,32,34);1H/t27-;/m1./s1. The van der Waals surface area contributed by atoms with Gasteiger partial charge in [0.2, 0.25) is 11.8 Å². The topological polar surface area (TPSA) is 143 Å². The van der Waals surface area contributed by atoms with Crippen molar-refractivity contribution in [3.63, 3.8) is 0 Å². The minimum Gasteiger partial charge on any atom is -0.508 e. The minimum atomic E-state index is -1.02. The summed E-state index contributed by atoms with van der Waals surface area (Å²) >= 11 is 0. The number of carbonyl (C=O) groups excluding carboxylic acids is 2. The Kier molecular flexibility index (Phi) is 10.1. The largest absolute Gasteiger partial charge is 0.508 e. The van der Waals surface area contributed by atoms with Crippen LogP contribution in [0.5, 0.6) is 5.75 Å². The van der Waals surface area contributed by atoms with Crippen molar-refractivity contribution in [2.75, 3.05) is 0 Å². The Morgan fingerprint density at radius 3 is 1.87 bits per heavy atom. The number of phenols is 1. The monoisotopic (exact) mass is 543 g/mol. The van der Waals surface area contributed by atoms with Crippen molar-refractivity contribution in [3.05, 3.63) is 131 Å². The van der Waals surface area contributed by atoms with Gasteiger partial charge in [0.25, 0.3) is 0 Å². The van der Waals surface area contributed by atoms with Crippen LogP contribution in [-0.4, -0.2) is 22.9 Å². The van der Waals surface area contributed by atoms with Crippen LogP contribution >= 0.6 is 12.4 Å². The molecule has 0 aliphatic carbocycles. The maximum atomic E-state index is 13.8. The Hall–Kier alpha value is -4.82. The molecule has 0 saturated heterocycles. The highest BCUT2D eigenvalue weighted by molar-refractivity contribution is 5.93. The summed E-state index contributed by atoms with van der Waals surface area (Å²) in [5, 5.41) is 15.4. The number of aliphatic imine (C=N–C) groups is 1. The summed E-state index contributed by atoms with van der Waals surface area (Å²) in [5.41, 5.74) is 14.5. The lowest BCUT2D eigenvalue weighted by Gasteiger charge is -2.24. The Morgan fingerprint density at radius 1 is 0.744 bits per heavy atom. The van der Waals surface area contributed by atoms with Crippen LogP contribution in [0.4, 0.5) is 5.69 Å². The maximum absolute atomic E-state index is 13.8. The van der Waals surface area contributed by atoms with Crippen molar-refractivity contribution in [1.82, 2.24) is 10.6 Å². The number of nitrogens with zero attached hydrogens (tertiary/aromatic N) is 1. The second-order valence-electron chi connectivity index (χ2n) is 8.71. The fourth-order valence-electron chi connectivity index (χ4n) is 4.14. The molecule has 7 N–H and O–H groups in total. The zero-order valence-electron chi connectivity index (χ0n) is 21.0. The highest BCUT2D eigenvalue weighted by Gasteiger charge is 2.29. The molecule has 200 valence electrons. The number of phenolic OH excluding ortho intramolecular Hbond substituents is 1. The number of amides is 2. The van der Waals surface area contributed by atoms with Crippen molar-refractivity contribution in [2.24, 2.45) is 16.5 Å². The summed E-state index contributed by atoms with van der Waals surface area (Å²) in [7, 11) is 0. The van der Waals surface area contributed by atoms with Crippen LogP contribution < -0.4 is 22.1 Å². The first-order chi connectivity index (χ1) is 18.4. The van der Waals surface area contributed by atoms with Crippen LogP contribution in [0.3, 0.4) is 0 Å². The number of nitrogens with one attached hydrogen (secondary N) is 2. The Bertz CT molecular complexity index is 1370. The lowest BCUT2D eigenvalue weighted by atomic mass is 9.90. The first kappa shape index (κ1) is 28.7. The second kappa shape index (κ2) is 13.6. The molecule has 2 amide bonds. The molecule has 0 bridgehead atoms. The van der Waals surface area contributed by atoms with Gasteiger partial charge in [0.15, 0.2) is 5.96 Å². The normalized spacial score (nSPS) is 11.1. The minimum absolute atomic E-state index is 0. The van der Waals surface area contributed by atoms with E-state index in [2.05, 4.69) is 15.6 Å². The van der Waals surface area contributed by atoms with E-state index in [1.165, 1.54) is 0 Å². The van der Waals surface area contributed by atoms with Gasteiger partial charge in [0.1, 0.15) is 11.8 Å². The Labute approximate surface area is 233 Å². The van der Waals surface area contributed by atoms with Crippen molar-refractivity contribution in [2.45, 2.75) is 18.5 Å². The molecule has 0 radical (unpaired) electrons. The summed E-state index contributed by atoms with van der Waals surface area (Å²) in [4.78, 5) is 31.4. The zero-order valence-corrected chi connectivity index (χ0v) is 21.8. The predicted molar refractivity (Wildman–Crippen MR) is 155 cm³/mol. The summed E-state index contributed by atoms with van der Waals surface area (Å²) in [5.74, 6) is -1.36. The highest BCUT2D eigenvalue weighted by atomic mass is 35.5. The molecule has 0 spiro atoms. The first-order valence-electron chi connectivity index (χ1n) is 12.1. The average Bonchev–Trinajstić information content (AvgIpc) is 2.92. The van der Waals surface area contributed by atoms with Gasteiger partial charge in [-0.2, -0.15) is 0 Å². The molecule has 0 unspecified atom stereocenters. The molecule has 8 nitrogen and oxygen atoms in total. The van der Waals surface area contributed by atoms with E-state index < -0.39 is 17.9 Å². The third-order valence-electron chi connectivity index (χ3n) is 5.94. The zero-order chi connectivity index (χ0) is 26.9. The van der Waals surface area contributed by atoms with Crippen LogP contribution in [-0.2, 0) is 16.1 Å². The van der Waals surface area contributed by atoms with Gasteiger partial charge in [-0.15, -0.1) is 12.4 Å². The molecule has 4 rings (SSSR count). The smallest absolute Gasteiger partial charge is 0.247 e. The number of carbonyl (C=O) groups is 2. The molecular weight excluding hydrogens is 514 g/mol. The van der Waals surface area contributed by atoms with Gasteiger partial charge in [-0.25, -0.2) is 4.99 Å². The Balaban J connectivity index is 0.00000420. The number of aromatic hydroxyl groups is 1. The third-order valence-corrected chi connectivity index (χ3v) is 5.94. The second-order valence-corrected chi connectivity index (χ2v) is 8.71. The average molecular weight is 544 g/mol. The highest BCUT2D eigenvalue weighted by Crippen LogP contribution is 2.27. The molecule has 39 heavy (non-hydrogen) atoms. The Morgan fingerprint density at radius 2 is 1.31 bits per heavy atom. The van der Waals surface area contributed by atoms with E-state index in [-0.39, 0.29) is 36.6 Å². The first-order valence-corrected chi connectivity index (χ1v) is 12.1. The van der Waals surface area contributed by atoms with E-state index >= 15 is 0 Å². The van der Waals surface area contributed by atoms with Crippen molar-refractivity contribution in [3.8, 4) is 5.75 Å². The summed E-state index contributed by atoms with van der Waals surface area (Å²) in [6, 6.07) is 31.1. The summed E-state index contributed by atoms with van der Waals surface area (Å²) in [6.07, 6.45) is 0. The molecule has 0 aromatic heterocycles. The molecule has 0 fully saturated rings. The molecule has 1 atom stereocenters. The van der Waals surface area contributed by atoms with Gasteiger partial charge in [0.05, 0.1) is 11.6 Å². The maximum Gasteiger partial charge on any atom is 0.247 e. The van der Waals surface area contributed by atoms with E-state index in [1.54, 1.807) is 48.5 Å². The van der Waals surface area contributed by atoms with E-state index in [4.69, 9.17) is 11.5 Å². The summed E-state index contributed by atoms with van der Waals surface area (Å²) < 4.78 is 0. The van der Waals surface area contributed by atoms with Crippen LogP contribution in [0.25, 0.3) is 0 Å². The molecule has 0 saturated carbocycles.